The average Bonchev–Trinajstić information content (AvgIpc) is 2.78. The van der Waals surface area contributed by atoms with Gasteiger partial charge >= 0.3 is 12.1 Å². The minimum absolute atomic E-state index is 0.154. The van der Waals surface area contributed by atoms with E-state index in [-0.39, 0.29) is 5.92 Å². The summed E-state index contributed by atoms with van der Waals surface area (Å²) in [5.74, 6) is -2.85. The van der Waals surface area contributed by atoms with Crippen molar-refractivity contribution in [1.82, 2.24) is 4.90 Å². The molecule has 7 heteroatoms. The fraction of sp³-hybridized carbons (Fsp3) is 0.846. The molecule has 116 valence electrons. The van der Waals surface area contributed by atoms with Crippen molar-refractivity contribution in [3.63, 3.8) is 0 Å². The summed E-state index contributed by atoms with van der Waals surface area (Å²) in [6.07, 6.45) is -3.74. The molecule has 0 radical (unpaired) electrons. The molecule has 3 unspecified atom stereocenters. The van der Waals surface area contributed by atoms with Crippen LogP contribution >= 0.6 is 0 Å². The van der Waals surface area contributed by atoms with Crippen molar-refractivity contribution < 1.29 is 27.9 Å². The van der Waals surface area contributed by atoms with Gasteiger partial charge in [-0.3, -0.25) is 9.59 Å². The minimum atomic E-state index is -4.32. The van der Waals surface area contributed by atoms with Crippen LogP contribution in [-0.2, 0) is 9.59 Å². The Balaban J connectivity index is 2.66. The molecule has 0 aromatic heterocycles. The molecule has 4 nitrogen and oxygen atoms in total. The summed E-state index contributed by atoms with van der Waals surface area (Å²) in [7, 11) is 1.30. The number of carbonyl (C=O) groups excluding carboxylic acids is 1. The van der Waals surface area contributed by atoms with Crippen molar-refractivity contribution in [2.24, 2.45) is 17.8 Å². The number of amides is 1. The molecule has 1 fully saturated rings. The molecule has 0 bridgehead atoms. The molecule has 0 spiro atoms. The molecule has 1 aliphatic carbocycles. The van der Waals surface area contributed by atoms with Gasteiger partial charge in [-0.15, -0.1) is 0 Å². The fourth-order valence-electron chi connectivity index (χ4n) is 2.71. The molecule has 1 amide bonds. The van der Waals surface area contributed by atoms with Gasteiger partial charge < -0.3 is 10.0 Å². The van der Waals surface area contributed by atoms with Crippen molar-refractivity contribution in [2.75, 3.05) is 13.6 Å². The maximum atomic E-state index is 12.1. The lowest BCUT2D eigenvalue weighted by Gasteiger charge is -2.24. The van der Waals surface area contributed by atoms with E-state index in [1.165, 1.54) is 7.05 Å². The Kier molecular flexibility index (Phi) is 5.42. The summed E-state index contributed by atoms with van der Waals surface area (Å²) >= 11 is 0. The number of halogens is 3. The molecular formula is C13H20F3NO3. The van der Waals surface area contributed by atoms with Crippen molar-refractivity contribution in [3.8, 4) is 0 Å². The predicted octanol–water partition coefficient (Wildman–Crippen LogP) is 2.53. The zero-order chi connectivity index (χ0) is 15.5. The molecule has 0 aromatic rings. The van der Waals surface area contributed by atoms with Crippen LogP contribution in [0.1, 0.15) is 32.6 Å². The number of hydrogen-bond donors (Lipinski definition) is 1. The standard InChI is InChI=1S/C13H20F3NO3/c1-3-8-6-9(10(7-8)12(19)20)11(18)17(2)5-4-13(14,15)16/h8-10H,3-7H2,1-2H3,(H,19,20). The van der Waals surface area contributed by atoms with Crippen molar-refractivity contribution >= 4 is 11.9 Å². The van der Waals surface area contributed by atoms with Crippen LogP contribution in [0.5, 0.6) is 0 Å². The lowest BCUT2D eigenvalue weighted by Crippen LogP contribution is -2.38. The Bertz CT molecular complexity index is 370. The van der Waals surface area contributed by atoms with Gasteiger partial charge in [-0.25, -0.2) is 0 Å². The lowest BCUT2D eigenvalue weighted by molar-refractivity contribution is -0.152. The van der Waals surface area contributed by atoms with Crippen LogP contribution in [-0.4, -0.2) is 41.7 Å². The predicted molar refractivity (Wildman–Crippen MR) is 65.9 cm³/mol. The second-order valence-electron chi connectivity index (χ2n) is 5.42. The van der Waals surface area contributed by atoms with Gasteiger partial charge in [-0.1, -0.05) is 13.3 Å². The topological polar surface area (TPSA) is 57.6 Å². The number of rotatable bonds is 5. The normalized spacial score (nSPS) is 26.6. The van der Waals surface area contributed by atoms with Crippen LogP contribution in [0.4, 0.5) is 13.2 Å². The first kappa shape index (κ1) is 16.8. The van der Waals surface area contributed by atoms with E-state index in [1.807, 2.05) is 6.92 Å². The van der Waals surface area contributed by atoms with E-state index in [2.05, 4.69) is 0 Å². The Labute approximate surface area is 115 Å². The zero-order valence-electron chi connectivity index (χ0n) is 11.6. The van der Waals surface area contributed by atoms with Crippen LogP contribution in [0.25, 0.3) is 0 Å². The summed E-state index contributed by atoms with van der Waals surface area (Å²) in [5.41, 5.74) is 0. The van der Waals surface area contributed by atoms with E-state index >= 15 is 0 Å². The van der Waals surface area contributed by atoms with Gasteiger partial charge in [0, 0.05) is 13.6 Å². The Morgan fingerprint density at radius 3 is 2.25 bits per heavy atom. The number of alkyl halides is 3. The van der Waals surface area contributed by atoms with Crippen molar-refractivity contribution in [2.45, 2.75) is 38.8 Å². The third kappa shape index (κ3) is 4.38. The highest BCUT2D eigenvalue weighted by molar-refractivity contribution is 5.85. The summed E-state index contributed by atoms with van der Waals surface area (Å²) in [4.78, 5) is 24.3. The van der Waals surface area contributed by atoms with Crippen LogP contribution in [0.3, 0.4) is 0 Å². The molecule has 20 heavy (non-hydrogen) atoms. The molecule has 0 aliphatic heterocycles. The Morgan fingerprint density at radius 2 is 1.80 bits per heavy atom. The molecule has 1 N–H and O–H groups in total. The molecule has 1 rings (SSSR count). The van der Waals surface area contributed by atoms with Gasteiger partial charge in [0.05, 0.1) is 18.3 Å². The minimum Gasteiger partial charge on any atom is -0.481 e. The number of nitrogens with zero attached hydrogens (tertiary/aromatic N) is 1. The van der Waals surface area contributed by atoms with Gasteiger partial charge in [0.25, 0.3) is 0 Å². The summed E-state index contributed by atoms with van der Waals surface area (Å²) in [6, 6.07) is 0. The first-order chi connectivity index (χ1) is 9.15. The third-order valence-electron chi connectivity index (χ3n) is 3.98. The number of carbonyl (C=O) groups is 2. The van der Waals surface area contributed by atoms with Gasteiger partial charge in [-0.05, 0) is 18.8 Å². The molecule has 3 atom stereocenters. The van der Waals surface area contributed by atoms with E-state index in [0.29, 0.717) is 12.8 Å². The molecule has 0 heterocycles. The smallest absolute Gasteiger partial charge is 0.390 e. The Hall–Kier alpha value is -1.27. The van der Waals surface area contributed by atoms with Gasteiger partial charge in [0.2, 0.25) is 5.91 Å². The number of carboxylic acid groups (broad SMARTS) is 1. The van der Waals surface area contributed by atoms with E-state index in [0.717, 1.165) is 11.3 Å². The molecule has 1 aliphatic rings. The quantitative estimate of drug-likeness (QED) is 0.848. The molecule has 1 saturated carbocycles. The monoisotopic (exact) mass is 295 g/mol. The maximum absolute atomic E-state index is 12.1. The highest BCUT2D eigenvalue weighted by Crippen LogP contribution is 2.39. The molecule has 0 aromatic carbocycles. The second kappa shape index (κ2) is 6.45. The third-order valence-corrected chi connectivity index (χ3v) is 3.98. The van der Waals surface area contributed by atoms with E-state index in [4.69, 9.17) is 5.11 Å². The van der Waals surface area contributed by atoms with E-state index in [1.54, 1.807) is 0 Å². The highest BCUT2D eigenvalue weighted by Gasteiger charge is 2.43. The zero-order valence-corrected chi connectivity index (χ0v) is 11.6. The van der Waals surface area contributed by atoms with Gasteiger partial charge in [0.15, 0.2) is 0 Å². The van der Waals surface area contributed by atoms with Crippen LogP contribution in [0.2, 0.25) is 0 Å². The van der Waals surface area contributed by atoms with E-state index in [9.17, 15) is 22.8 Å². The highest BCUT2D eigenvalue weighted by atomic mass is 19.4. The molecular weight excluding hydrogens is 275 g/mol. The summed E-state index contributed by atoms with van der Waals surface area (Å²) < 4.78 is 36.4. The average molecular weight is 295 g/mol. The first-order valence-corrected chi connectivity index (χ1v) is 6.70. The van der Waals surface area contributed by atoms with Crippen LogP contribution < -0.4 is 0 Å². The van der Waals surface area contributed by atoms with Crippen molar-refractivity contribution in [3.05, 3.63) is 0 Å². The van der Waals surface area contributed by atoms with E-state index < -0.39 is 42.9 Å². The van der Waals surface area contributed by atoms with Crippen molar-refractivity contribution in [1.29, 1.82) is 0 Å². The largest absolute Gasteiger partial charge is 0.481 e. The number of hydrogen-bond acceptors (Lipinski definition) is 2. The Morgan fingerprint density at radius 1 is 1.25 bits per heavy atom. The van der Waals surface area contributed by atoms with Gasteiger partial charge in [-0.2, -0.15) is 13.2 Å². The SMILES string of the molecule is CCC1CC(C(=O)O)C(C(=O)N(C)CCC(F)(F)F)C1. The van der Waals surface area contributed by atoms with Crippen LogP contribution in [0, 0.1) is 17.8 Å². The first-order valence-electron chi connectivity index (χ1n) is 6.70. The number of aliphatic carboxylic acids is 1. The second-order valence-corrected chi connectivity index (χ2v) is 5.42. The molecule has 0 saturated heterocycles. The maximum Gasteiger partial charge on any atom is 0.390 e. The fourth-order valence-corrected chi connectivity index (χ4v) is 2.71. The van der Waals surface area contributed by atoms with Gasteiger partial charge in [0.1, 0.15) is 0 Å². The summed E-state index contributed by atoms with van der Waals surface area (Å²) in [6.45, 7) is 1.49. The lowest BCUT2D eigenvalue weighted by atomic mass is 9.95. The number of carboxylic acids is 1. The summed E-state index contributed by atoms with van der Waals surface area (Å²) in [5, 5.41) is 9.14. The van der Waals surface area contributed by atoms with Crippen LogP contribution in [0.15, 0.2) is 0 Å².